The molecule has 0 atom stereocenters. The molecule has 7 heteroatoms. The van der Waals surface area contributed by atoms with Crippen LogP contribution in [0.3, 0.4) is 0 Å². The van der Waals surface area contributed by atoms with Crippen LogP contribution >= 0.6 is 31.9 Å². The Bertz CT molecular complexity index is 510. The summed E-state index contributed by atoms with van der Waals surface area (Å²) in [5, 5.41) is 9.58. The topological polar surface area (TPSA) is 72.8 Å². The predicted molar refractivity (Wildman–Crippen MR) is 75.5 cm³/mol. The average Bonchev–Trinajstić information content (AvgIpc) is 2.40. The van der Waals surface area contributed by atoms with Gasteiger partial charge in [0.05, 0.1) is 23.2 Å². The van der Waals surface area contributed by atoms with Gasteiger partial charge in [0.1, 0.15) is 11.3 Å². The highest BCUT2D eigenvalue weighted by molar-refractivity contribution is 9.11. The lowest BCUT2D eigenvalue weighted by Crippen LogP contribution is -2.15. The number of esters is 2. The first-order valence-corrected chi connectivity index (χ1v) is 6.55. The molecule has 102 valence electrons. The zero-order chi connectivity index (χ0) is 14.6. The van der Waals surface area contributed by atoms with Gasteiger partial charge in [-0.3, -0.25) is 0 Å². The first kappa shape index (κ1) is 15.7. The molecule has 5 nitrogen and oxygen atoms in total. The number of carbonyl (C=O) groups is 2. The van der Waals surface area contributed by atoms with Crippen molar-refractivity contribution in [1.29, 1.82) is 0 Å². The lowest BCUT2D eigenvalue weighted by molar-refractivity contribution is -0.143. The van der Waals surface area contributed by atoms with Gasteiger partial charge in [0, 0.05) is 0 Å². The molecule has 19 heavy (non-hydrogen) atoms. The Morgan fingerprint density at radius 2 is 1.53 bits per heavy atom. The summed E-state index contributed by atoms with van der Waals surface area (Å²) in [6.07, 6.45) is 1.31. The van der Waals surface area contributed by atoms with E-state index in [1.165, 1.54) is 20.3 Å². The maximum Gasteiger partial charge on any atom is 0.345 e. The minimum Gasteiger partial charge on any atom is -0.506 e. The van der Waals surface area contributed by atoms with Crippen molar-refractivity contribution in [3.8, 4) is 5.75 Å². The molecule has 0 unspecified atom stereocenters. The van der Waals surface area contributed by atoms with Crippen LogP contribution in [0.15, 0.2) is 26.7 Å². The van der Waals surface area contributed by atoms with E-state index in [2.05, 4.69) is 41.3 Å². The SMILES string of the molecule is COC(=O)C(=Cc1cc(Br)c(O)c(Br)c1)C(=O)OC. The van der Waals surface area contributed by atoms with Gasteiger partial charge < -0.3 is 14.6 Å². The zero-order valence-electron chi connectivity index (χ0n) is 10.1. The number of phenols is 1. The third kappa shape index (κ3) is 3.81. The highest BCUT2D eigenvalue weighted by Gasteiger charge is 2.20. The van der Waals surface area contributed by atoms with Crippen molar-refractivity contribution in [2.45, 2.75) is 0 Å². The second kappa shape index (κ2) is 6.72. The Hall–Kier alpha value is -1.34. The minimum absolute atomic E-state index is 0.0230. The summed E-state index contributed by atoms with van der Waals surface area (Å²) in [5.41, 5.74) is 0.275. The molecule has 1 aromatic carbocycles. The zero-order valence-corrected chi connectivity index (χ0v) is 13.2. The molecule has 0 aliphatic heterocycles. The lowest BCUT2D eigenvalue weighted by Gasteiger charge is -2.05. The van der Waals surface area contributed by atoms with Crippen molar-refractivity contribution < 1.29 is 24.2 Å². The Morgan fingerprint density at radius 3 is 1.89 bits per heavy atom. The smallest absolute Gasteiger partial charge is 0.345 e. The molecule has 0 saturated heterocycles. The Balaban J connectivity index is 3.30. The molecule has 0 spiro atoms. The molecular formula is C12H10Br2O5. The summed E-state index contributed by atoms with van der Waals surface area (Å²) in [6.45, 7) is 0. The average molecular weight is 394 g/mol. The Morgan fingerprint density at radius 1 is 1.11 bits per heavy atom. The van der Waals surface area contributed by atoms with Gasteiger partial charge in [0.25, 0.3) is 0 Å². The van der Waals surface area contributed by atoms with Crippen LogP contribution in [0.2, 0.25) is 0 Å². The van der Waals surface area contributed by atoms with E-state index in [9.17, 15) is 14.7 Å². The maximum atomic E-state index is 11.5. The standard InChI is InChI=1S/C12H10Br2O5/c1-18-11(16)7(12(17)19-2)3-6-4-8(13)10(15)9(14)5-6/h3-5,15H,1-2H3. The molecule has 0 fully saturated rings. The van der Waals surface area contributed by atoms with E-state index in [0.29, 0.717) is 14.5 Å². The van der Waals surface area contributed by atoms with E-state index in [-0.39, 0.29) is 11.3 Å². The van der Waals surface area contributed by atoms with Crippen LogP contribution in [0.1, 0.15) is 5.56 Å². The van der Waals surface area contributed by atoms with Crippen molar-refractivity contribution in [1.82, 2.24) is 0 Å². The molecule has 1 rings (SSSR count). The molecule has 0 amide bonds. The van der Waals surface area contributed by atoms with Crippen molar-refractivity contribution in [3.05, 3.63) is 32.2 Å². The fraction of sp³-hybridized carbons (Fsp3) is 0.167. The summed E-state index contributed by atoms with van der Waals surface area (Å²) in [7, 11) is 2.34. The van der Waals surface area contributed by atoms with Crippen LogP contribution < -0.4 is 0 Å². The molecule has 0 aromatic heterocycles. The number of benzene rings is 1. The highest BCUT2D eigenvalue weighted by atomic mass is 79.9. The normalized spacial score (nSPS) is 9.68. The molecule has 0 radical (unpaired) electrons. The van der Waals surface area contributed by atoms with Crippen molar-refractivity contribution in [2.75, 3.05) is 14.2 Å². The second-order valence-corrected chi connectivity index (χ2v) is 5.08. The number of hydrogen-bond acceptors (Lipinski definition) is 5. The molecule has 0 aliphatic carbocycles. The minimum atomic E-state index is -0.799. The summed E-state index contributed by atoms with van der Waals surface area (Å²) in [4.78, 5) is 23.0. The van der Waals surface area contributed by atoms with E-state index in [4.69, 9.17) is 0 Å². The summed E-state index contributed by atoms with van der Waals surface area (Å²) >= 11 is 6.31. The van der Waals surface area contributed by atoms with Crippen LogP contribution in [-0.2, 0) is 19.1 Å². The number of halogens is 2. The number of ether oxygens (including phenoxy) is 2. The van der Waals surface area contributed by atoms with Gasteiger partial charge in [-0.15, -0.1) is 0 Å². The number of methoxy groups -OCH3 is 2. The molecule has 0 heterocycles. The number of aromatic hydroxyl groups is 1. The molecule has 0 bridgehead atoms. The van der Waals surface area contributed by atoms with Crippen LogP contribution in [0, 0.1) is 0 Å². The monoisotopic (exact) mass is 392 g/mol. The molecule has 0 aliphatic rings. The van der Waals surface area contributed by atoms with Gasteiger partial charge in [-0.1, -0.05) is 0 Å². The van der Waals surface area contributed by atoms with Gasteiger partial charge in [-0.2, -0.15) is 0 Å². The largest absolute Gasteiger partial charge is 0.506 e. The predicted octanol–water partition coefficient (Wildman–Crippen LogP) is 2.65. The fourth-order valence-electron chi connectivity index (χ4n) is 1.26. The first-order valence-electron chi connectivity index (χ1n) is 4.97. The number of rotatable bonds is 3. The van der Waals surface area contributed by atoms with Gasteiger partial charge >= 0.3 is 11.9 Å². The Kier molecular flexibility index (Phi) is 5.56. The van der Waals surface area contributed by atoms with Crippen molar-refractivity contribution >= 4 is 49.9 Å². The maximum absolute atomic E-state index is 11.5. The summed E-state index contributed by atoms with van der Waals surface area (Å²) in [6, 6.07) is 3.10. The summed E-state index contributed by atoms with van der Waals surface area (Å²) < 4.78 is 9.86. The number of hydrogen-bond donors (Lipinski definition) is 1. The van der Waals surface area contributed by atoms with Gasteiger partial charge in [0.15, 0.2) is 0 Å². The molecule has 1 N–H and O–H groups in total. The fourth-order valence-corrected chi connectivity index (χ4v) is 2.48. The number of carbonyl (C=O) groups excluding carboxylic acids is 2. The first-order chi connectivity index (χ1) is 8.90. The number of phenolic OH excluding ortho intramolecular Hbond substituents is 1. The molecule has 0 saturated carbocycles. The molecule has 1 aromatic rings. The second-order valence-electron chi connectivity index (χ2n) is 3.37. The third-order valence-electron chi connectivity index (χ3n) is 2.16. The van der Waals surface area contributed by atoms with Crippen LogP contribution in [-0.4, -0.2) is 31.3 Å². The van der Waals surface area contributed by atoms with Crippen LogP contribution in [0.25, 0.3) is 6.08 Å². The Labute approximate surface area is 126 Å². The van der Waals surface area contributed by atoms with E-state index in [1.807, 2.05) is 0 Å². The van der Waals surface area contributed by atoms with Crippen molar-refractivity contribution in [3.63, 3.8) is 0 Å². The van der Waals surface area contributed by atoms with Gasteiger partial charge in [0.2, 0.25) is 0 Å². The van der Waals surface area contributed by atoms with E-state index in [1.54, 1.807) is 12.1 Å². The van der Waals surface area contributed by atoms with Crippen LogP contribution in [0.5, 0.6) is 5.75 Å². The highest BCUT2D eigenvalue weighted by Crippen LogP contribution is 2.34. The van der Waals surface area contributed by atoms with E-state index < -0.39 is 11.9 Å². The van der Waals surface area contributed by atoms with Gasteiger partial charge in [-0.05, 0) is 55.6 Å². The van der Waals surface area contributed by atoms with Crippen molar-refractivity contribution in [2.24, 2.45) is 0 Å². The van der Waals surface area contributed by atoms with Crippen LogP contribution in [0.4, 0.5) is 0 Å². The quantitative estimate of drug-likeness (QED) is 0.370. The van der Waals surface area contributed by atoms with E-state index >= 15 is 0 Å². The van der Waals surface area contributed by atoms with Gasteiger partial charge in [-0.25, -0.2) is 9.59 Å². The van der Waals surface area contributed by atoms with E-state index in [0.717, 1.165) is 0 Å². The lowest BCUT2D eigenvalue weighted by atomic mass is 10.1. The summed E-state index contributed by atoms with van der Waals surface area (Å²) in [5.74, 6) is -1.57. The molecular weight excluding hydrogens is 384 g/mol. The third-order valence-corrected chi connectivity index (χ3v) is 3.37.